The van der Waals surface area contributed by atoms with Crippen molar-refractivity contribution in [3.63, 3.8) is 0 Å². The van der Waals surface area contributed by atoms with E-state index in [0.717, 1.165) is 18.5 Å². The SMILES string of the molecule is OCc1n[nH]c2c1C(F)CCC2. The maximum atomic E-state index is 13.3. The van der Waals surface area contributed by atoms with Gasteiger partial charge in [0, 0.05) is 11.3 Å². The molecule has 1 aromatic heterocycles. The molecule has 1 aliphatic rings. The summed E-state index contributed by atoms with van der Waals surface area (Å²) in [5.41, 5.74) is 1.93. The number of hydrogen-bond acceptors (Lipinski definition) is 2. The van der Waals surface area contributed by atoms with E-state index in [2.05, 4.69) is 10.2 Å². The lowest BCUT2D eigenvalue weighted by Crippen LogP contribution is -2.06. The van der Waals surface area contributed by atoms with Crippen LogP contribution >= 0.6 is 0 Å². The number of aliphatic hydroxyl groups is 1. The quantitative estimate of drug-likeness (QED) is 0.666. The third-order valence-corrected chi connectivity index (χ3v) is 2.31. The van der Waals surface area contributed by atoms with E-state index in [1.54, 1.807) is 0 Å². The van der Waals surface area contributed by atoms with E-state index in [0.29, 0.717) is 17.7 Å². The largest absolute Gasteiger partial charge is 0.390 e. The third-order valence-electron chi connectivity index (χ3n) is 2.31. The molecule has 1 aromatic rings. The van der Waals surface area contributed by atoms with Gasteiger partial charge in [-0.25, -0.2) is 4.39 Å². The molecule has 0 aromatic carbocycles. The zero-order valence-corrected chi connectivity index (χ0v) is 6.68. The van der Waals surface area contributed by atoms with Crippen molar-refractivity contribution in [2.45, 2.75) is 32.0 Å². The first-order chi connectivity index (χ1) is 5.83. The molecule has 1 atom stereocenters. The van der Waals surface area contributed by atoms with Crippen LogP contribution in [0.2, 0.25) is 0 Å². The number of nitrogens with zero attached hydrogens (tertiary/aromatic N) is 1. The highest BCUT2D eigenvalue weighted by Crippen LogP contribution is 2.33. The Morgan fingerprint density at radius 2 is 2.50 bits per heavy atom. The molecule has 0 fully saturated rings. The Kier molecular flexibility index (Phi) is 1.84. The minimum atomic E-state index is -0.936. The summed E-state index contributed by atoms with van der Waals surface area (Å²) < 4.78 is 13.3. The van der Waals surface area contributed by atoms with E-state index in [4.69, 9.17) is 5.11 Å². The minimum Gasteiger partial charge on any atom is -0.390 e. The van der Waals surface area contributed by atoms with Gasteiger partial charge in [-0.1, -0.05) is 0 Å². The van der Waals surface area contributed by atoms with Crippen molar-refractivity contribution < 1.29 is 9.50 Å². The van der Waals surface area contributed by atoms with E-state index in [9.17, 15) is 4.39 Å². The Morgan fingerprint density at radius 1 is 1.67 bits per heavy atom. The standard InChI is InChI=1S/C8H11FN2O/c9-5-2-1-3-6-8(5)7(4-12)11-10-6/h5,12H,1-4H2,(H,10,11). The number of aromatic nitrogens is 2. The maximum absolute atomic E-state index is 13.3. The third kappa shape index (κ3) is 1.03. The molecule has 2 N–H and O–H groups in total. The Bertz CT molecular complexity index is 271. The summed E-state index contributed by atoms with van der Waals surface area (Å²) in [5.74, 6) is 0. The predicted molar refractivity (Wildman–Crippen MR) is 41.3 cm³/mol. The number of hydrogen-bond donors (Lipinski definition) is 2. The molecule has 12 heavy (non-hydrogen) atoms. The summed E-state index contributed by atoms with van der Waals surface area (Å²) in [7, 11) is 0. The summed E-state index contributed by atoms with van der Waals surface area (Å²) in [6.07, 6.45) is 1.33. The first-order valence-corrected chi connectivity index (χ1v) is 4.14. The molecule has 0 bridgehead atoms. The van der Waals surface area contributed by atoms with Crippen LogP contribution in [0.15, 0.2) is 0 Å². The van der Waals surface area contributed by atoms with E-state index in [-0.39, 0.29) is 6.61 Å². The zero-order chi connectivity index (χ0) is 8.55. The molecular formula is C8H11FN2O. The van der Waals surface area contributed by atoms with Gasteiger partial charge in [0.25, 0.3) is 0 Å². The smallest absolute Gasteiger partial charge is 0.129 e. The van der Waals surface area contributed by atoms with Crippen LogP contribution in [0.5, 0.6) is 0 Å². The van der Waals surface area contributed by atoms with Crippen LogP contribution in [0.4, 0.5) is 4.39 Å². The second-order valence-corrected chi connectivity index (χ2v) is 3.08. The van der Waals surface area contributed by atoms with Gasteiger partial charge < -0.3 is 5.11 Å². The van der Waals surface area contributed by atoms with Gasteiger partial charge in [-0.3, -0.25) is 5.10 Å². The van der Waals surface area contributed by atoms with Gasteiger partial charge in [0.05, 0.1) is 12.3 Å². The molecule has 1 aliphatic carbocycles. The second-order valence-electron chi connectivity index (χ2n) is 3.08. The number of fused-ring (bicyclic) bond motifs is 1. The molecule has 0 radical (unpaired) electrons. The summed E-state index contributed by atoms with van der Waals surface area (Å²) in [5, 5.41) is 15.5. The van der Waals surface area contributed by atoms with Crippen LogP contribution in [0, 0.1) is 0 Å². The molecule has 0 aliphatic heterocycles. The fourth-order valence-electron chi connectivity index (χ4n) is 1.71. The number of nitrogens with one attached hydrogen (secondary N) is 1. The Morgan fingerprint density at radius 3 is 3.25 bits per heavy atom. The van der Waals surface area contributed by atoms with Crippen LogP contribution in [0.1, 0.15) is 36.0 Å². The minimum absolute atomic E-state index is 0.174. The number of aliphatic hydroxyl groups excluding tert-OH is 1. The molecule has 0 amide bonds. The van der Waals surface area contributed by atoms with Gasteiger partial charge in [-0.15, -0.1) is 0 Å². The van der Waals surface area contributed by atoms with E-state index in [1.807, 2.05) is 0 Å². The number of aryl methyl sites for hydroxylation is 1. The molecule has 2 rings (SSSR count). The average Bonchev–Trinajstić information content (AvgIpc) is 2.49. The van der Waals surface area contributed by atoms with Crippen LogP contribution < -0.4 is 0 Å². The normalized spacial score (nSPS) is 22.3. The van der Waals surface area contributed by atoms with Gasteiger partial charge in [0.15, 0.2) is 0 Å². The zero-order valence-electron chi connectivity index (χ0n) is 6.68. The Hall–Kier alpha value is -0.900. The number of halogens is 1. The highest BCUT2D eigenvalue weighted by atomic mass is 19.1. The molecule has 0 spiro atoms. The highest BCUT2D eigenvalue weighted by Gasteiger charge is 2.24. The molecule has 66 valence electrons. The van der Waals surface area contributed by atoms with Gasteiger partial charge in [-0.05, 0) is 19.3 Å². The van der Waals surface area contributed by atoms with Crippen molar-refractivity contribution in [1.29, 1.82) is 0 Å². The van der Waals surface area contributed by atoms with Crippen LogP contribution in [-0.2, 0) is 13.0 Å². The number of alkyl halides is 1. The lowest BCUT2D eigenvalue weighted by Gasteiger charge is -2.15. The monoisotopic (exact) mass is 170 g/mol. The average molecular weight is 170 g/mol. The summed E-state index contributed by atoms with van der Waals surface area (Å²) in [6, 6.07) is 0. The number of H-pyrrole nitrogens is 1. The summed E-state index contributed by atoms with van der Waals surface area (Å²) in [4.78, 5) is 0. The lowest BCUT2D eigenvalue weighted by molar-refractivity contribution is 0.261. The topological polar surface area (TPSA) is 48.9 Å². The second kappa shape index (κ2) is 2.86. The lowest BCUT2D eigenvalue weighted by atomic mass is 9.94. The van der Waals surface area contributed by atoms with E-state index < -0.39 is 6.17 Å². The Labute approximate surface area is 69.6 Å². The predicted octanol–water partition coefficient (Wildman–Crippen LogP) is 1.25. The summed E-state index contributed by atoms with van der Waals surface area (Å²) in [6.45, 7) is -0.174. The first-order valence-electron chi connectivity index (χ1n) is 4.14. The Balaban J connectivity index is 2.43. The maximum Gasteiger partial charge on any atom is 0.129 e. The van der Waals surface area contributed by atoms with Gasteiger partial charge in [0.2, 0.25) is 0 Å². The van der Waals surface area contributed by atoms with Crippen molar-refractivity contribution in [3.05, 3.63) is 17.0 Å². The van der Waals surface area contributed by atoms with Gasteiger partial charge in [0.1, 0.15) is 6.17 Å². The number of aromatic amines is 1. The van der Waals surface area contributed by atoms with Crippen molar-refractivity contribution in [1.82, 2.24) is 10.2 Å². The van der Waals surface area contributed by atoms with Crippen molar-refractivity contribution >= 4 is 0 Å². The molecule has 0 saturated heterocycles. The fourth-order valence-corrected chi connectivity index (χ4v) is 1.71. The molecule has 1 heterocycles. The fraction of sp³-hybridized carbons (Fsp3) is 0.625. The van der Waals surface area contributed by atoms with Crippen LogP contribution in [-0.4, -0.2) is 15.3 Å². The van der Waals surface area contributed by atoms with Gasteiger partial charge in [-0.2, -0.15) is 5.10 Å². The van der Waals surface area contributed by atoms with E-state index in [1.165, 1.54) is 0 Å². The molecule has 3 nitrogen and oxygen atoms in total. The van der Waals surface area contributed by atoms with Crippen molar-refractivity contribution in [2.24, 2.45) is 0 Å². The number of rotatable bonds is 1. The van der Waals surface area contributed by atoms with Crippen LogP contribution in [0.25, 0.3) is 0 Å². The van der Waals surface area contributed by atoms with E-state index >= 15 is 0 Å². The molecule has 1 unspecified atom stereocenters. The molecule has 4 heteroatoms. The first kappa shape index (κ1) is 7.73. The summed E-state index contributed by atoms with van der Waals surface area (Å²) >= 11 is 0. The molecule has 0 saturated carbocycles. The molecular weight excluding hydrogens is 159 g/mol. The highest BCUT2D eigenvalue weighted by molar-refractivity contribution is 5.29. The van der Waals surface area contributed by atoms with Crippen molar-refractivity contribution in [2.75, 3.05) is 0 Å². The van der Waals surface area contributed by atoms with Crippen LogP contribution in [0.3, 0.4) is 0 Å². The van der Waals surface area contributed by atoms with Crippen molar-refractivity contribution in [3.8, 4) is 0 Å². The van der Waals surface area contributed by atoms with Gasteiger partial charge >= 0.3 is 0 Å².